The zero-order valence-electron chi connectivity index (χ0n) is 11.7. The van der Waals surface area contributed by atoms with E-state index in [0.717, 1.165) is 29.9 Å². The van der Waals surface area contributed by atoms with Crippen molar-refractivity contribution in [1.29, 1.82) is 0 Å². The first-order valence-electron chi connectivity index (χ1n) is 6.61. The van der Waals surface area contributed by atoms with Crippen molar-refractivity contribution >= 4 is 23.2 Å². The summed E-state index contributed by atoms with van der Waals surface area (Å²) in [5.74, 6) is 0.523. The number of nitrogens with one attached hydrogen (secondary N) is 1. The van der Waals surface area contributed by atoms with E-state index in [1.54, 1.807) is 13.0 Å². The molecule has 0 unspecified atom stereocenters. The molecule has 0 bridgehead atoms. The van der Waals surface area contributed by atoms with E-state index in [1.165, 1.54) is 0 Å². The summed E-state index contributed by atoms with van der Waals surface area (Å²) < 4.78 is 10.3. The zero-order valence-corrected chi connectivity index (χ0v) is 12.6. The Morgan fingerprint density at radius 2 is 2.21 bits per heavy atom. The molecule has 19 heavy (non-hydrogen) atoms. The number of ether oxygens (including phenoxy) is 1. The molecule has 0 radical (unpaired) electrons. The second kappa shape index (κ2) is 7.94. The summed E-state index contributed by atoms with van der Waals surface area (Å²) in [6.45, 7) is 6.95. The number of unbranched alkanes of at least 4 members (excludes halogenated alkanes) is 1. The third-order valence-corrected chi connectivity index (χ3v) is 2.99. The van der Waals surface area contributed by atoms with E-state index in [9.17, 15) is 4.79 Å². The molecule has 0 spiro atoms. The Balaban J connectivity index is 2.59. The fourth-order valence-corrected chi connectivity index (χ4v) is 1.90. The smallest absolute Gasteiger partial charge is 0.374 e. The normalized spacial score (nSPS) is 10.3. The van der Waals surface area contributed by atoms with Crippen LogP contribution in [0.1, 0.15) is 48.6 Å². The lowest BCUT2D eigenvalue weighted by Crippen LogP contribution is -2.24. The summed E-state index contributed by atoms with van der Waals surface area (Å²) in [6.07, 6.45) is 2.82. The molecule has 0 fully saturated rings. The standard InChI is InChI=1S/C14H21NO3S/c1-4-6-7-15-13(19)9-11-8-12(18-10(11)3)14(16)17-5-2/h8H,4-7,9H2,1-3H3,(H,15,19). The van der Waals surface area contributed by atoms with Gasteiger partial charge in [0.1, 0.15) is 5.76 Å². The molecule has 0 saturated heterocycles. The predicted molar refractivity (Wildman–Crippen MR) is 78.6 cm³/mol. The SMILES string of the molecule is CCCCNC(=S)Cc1cc(C(=O)OCC)oc1C. The largest absolute Gasteiger partial charge is 0.460 e. The van der Waals surface area contributed by atoms with Crippen LogP contribution in [0.25, 0.3) is 0 Å². The van der Waals surface area contributed by atoms with Gasteiger partial charge in [0.25, 0.3) is 0 Å². The first-order chi connectivity index (χ1) is 9.08. The van der Waals surface area contributed by atoms with Crippen LogP contribution < -0.4 is 5.32 Å². The molecule has 1 heterocycles. The van der Waals surface area contributed by atoms with E-state index in [0.29, 0.717) is 18.8 Å². The van der Waals surface area contributed by atoms with E-state index in [2.05, 4.69) is 12.2 Å². The first-order valence-corrected chi connectivity index (χ1v) is 7.02. The van der Waals surface area contributed by atoms with E-state index in [-0.39, 0.29) is 5.76 Å². The number of carbonyl (C=O) groups is 1. The van der Waals surface area contributed by atoms with Crippen molar-refractivity contribution in [3.63, 3.8) is 0 Å². The molecule has 106 valence electrons. The minimum atomic E-state index is -0.429. The Labute approximate surface area is 119 Å². The van der Waals surface area contributed by atoms with Crippen LogP contribution in [0.2, 0.25) is 0 Å². The summed E-state index contributed by atoms with van der Waals surface area (Å²) >= 11 is 5.27. The summed E-state index contributed by atoms with van der Waals surface area (Å²) in [5.41, 5.74) is 0.928. The zero-order chi connectivity index (χ0) is 14.3. The molecule has 1 aromatic heterocycles. The van der Waals surface area contributed by atoms with Gasteiger partial charge >= 0.3 is 5.97 Å². The molecular weight excluding hydrogens is 262 g/mol. The highest BCUT2D eigenvalue weighted by atomic mass is 32.1. The number of furan rings is 1. The molecule has 5 heteroatoms. The molecule has 1 N–H and O–H groups in total. The van der Waals surface area contributed by atoms with Crippen LogP contribution in [-0.2, 0) is 11.2 Å². The highest BCUT2D eigenvalue weighted by Crippen LogP contribution is 2.16. The van der Waals surface area contributed by atoms with Crippen molar-refractivity contribution in [2.45, 2.75) is 40.0 Å². The lowest BCUT2D eigenvalue weighted by Gasteiger charge is -2.05. The van der Waals surface area contributed by atoms with Gasteiger partial charge in [-0.3, -0.25) is 0 Å². The molecule has 1 aromatic rings. The van der Waals surface area contributed by atoms with E-state index in [1.807, 2.05) is 6.92 Å². The lowest BCUT2D eigenvalue weighted by atomic mass is 10.2. The summed E-state index contributed by atoms with van der Waals surface area (Å²) in [7, 11) is 0. The second-order valence-electron chi connectivity index (χ2n) is 4.29. The summed E-state index contributed by atoms with van der Waals surface area (Å²) in [5, 5.41) is 3.20. The summed E-state index contributed by atoms with van der Waals surface area (Å²) in [4.78, 5) is 12.3. The third-order valence-electron chi connectivity index (χ3n) is 2.70. The van der Waals surface area contributed by atoms with Crippen LogP contribution in [0.3, 0.4) is 0 Å². The molecule has 0 atom stereocenters. The van der Waals surface area contributed by atoms with Crippen molar-refractivity contribution in [2.24, 2.45) is 0 Å². The van der Waals surface area contributed by atoms with Crippen molar-refractivity contribution in [1.82, 2.24) is 5.32 Å². The predicted octanol–water partition coefficient (Wildman–Crippen LogP) is 3.02. The number of thiocarbonyl (C=S) groups is 1. The maximum atomic E-state index is 11.5. The van der Waals surface area contributed by atoms with Gasteiger partial charge in [-0.1, -0.05) is 25.6 Å². The molecule has 4 nitrogen and oxygen atoms in total. The van der Waals surface area contributed by atoms with Crippen LogP contribution in [0.15, 0.2) is 10.5 Å². The van der Waals surface area contributed by atoms with Crippen LogP contribution in [0, 0.1) is 6.92 Å². The fraction of sp³-hybridized carbons (Fsp3) is 0.571. The monoisotopic (exact) mass is 283 g/mol. The van der Waals surface area contributed by atoms with Crippen LogP contribution in [0.4, 0.5) is 0 Å². The van der Waals surface area contributed by atoms with Gasteiger partial charge in [-0.15, -0.1) is 0 Å². The van der Waals surface area contributed by atoms with E-state index < -0.39 is 5.97 Å². The Morgan fingerprint density at radius 1 is 1.47 bits per heavy atom. The number of hydrogen-bond acceptors (Lipinski definition) is 4. The number of hydrogen-bond donors (Lipinski definition) is 1. The van der Waals surface area contributed by atoms with Gasteiger partial charge in [-0.2, -0.15) is 0 Å². The molecule has 1 rings (SSSR count). The molecule has 0 aliphatic carbocycles. The number of aryl methyl sites for hydroxylation is 1. The van der Waals surface area contributed by atoms with Crippen molar-refractivity contribution in [3.8, 4) is 0 Å². The number of rotatable bonds is 7. The Hall–Kier alpha value is -1.36. The molecule has 0 aromatic carbocycles. The molecule has 0 aliphatic heterocycles. The molecule has 0 saturated carbocycles. The van der Waals surface area contributed by atoms with Gasteiger partial charge in [0, 0.05) is 18.5 Å². The highest BCUT2D eigenvalue weighted by molar-refractivity contribution is 7.80. The summed E-state index contributed by atoms with van der Waals surface area (Å²) in [6, 6.07) is 1.71. The maximum Gasteiger partial charge on any atom is 0.374 e. The van der Waals surface area contributed by atoms with Crippen LogP contribution >= 0.6 is 12.2 Å². The van der Waals surface area contributed by atoms with E-state index >= 15 is 0 Å². The van der Waals surface area contributed by atoms with Gasteiger partial charge in [0.05, 0.1) is 11.6 Å². The van der Waals surface area contributed by atoms with Gasteiger partial charge in [0.2, 0.25) is 5.76 Å². The Kier molecular flexibility index (Phi) is 6.56. The molecule has 0 amide bonds. The number of esters is 1. The second-order valence-corrected chi connectivity index (χ2v) is 4.79. The minimum Gasteiger partial charge on any atom is -0.460 e. The van der Waals surface area contributed by atoms with Crippen molar-refractivity contribution in [2.75, 3.05) is 13.2 Å². The molecular formula is C14H21NO3S. The maximum absolute atomic E-state index is 11.5. The number of carbonyl (C=O) groups excluding carboxylic acids is 1. The van der Waals surface area contributed by atoms with Gasteiger partial charge < -0.3 is 14.5 Å². The Bertz CT molecular complexity index is 440. The van der Waals surface area contributed by atoms with Crippen molar-refractivity contribution < 1.29 is 13.9 Å². The fourth-order valence-electron chi connectivity index (χ4n) is 1.64. The van der Waals surface area contributed by atoms with Crippen LogP contribution in [-0.4, -0.2) is 24.1 Å². The van der Waals surface area contributed by atoms with Crippen molar-refractivity contribution in [3.05, 3.63) is 23.2 Å². The molecule has 0 aliphatic rings. The lowest BCUT2D eigenvalue weighted by molar-refractivity contribution is 0.0488. The Morgan fingerprint density at radius 3 is 2.84 bits per heavy atom. The quantitative estimate of drug-likeness (QED) is 0.473. The first kappa shape index (κ1) is 15.7. The average Bonchev–Trinajstić information content (AvgIpc) is 2.72. The highest BCUT2D eigenvalue weighted by Gasteiger charge is 2.16. The van der Waals surface area contributed by atoms with Gasteiger partial charge in [-0.25, -0.2) is 4.79 Å². The van der Waals surface area contributed by atoms with E-state index in [4.69, 9.17) is 21.4 Å². The minimum absolute atomic E-state index is 0.241. The average molecular weight is 283 g/mol. The van der Waals surface area contributed by atoms with Gasteiger partial charge in [0.15, 0.2) is 0 Å². The topological polar surface area (TPSA) is 51.5 Å². The van der Waals surface area contributed by atoms with Crippen LogP contribution in [0.5, 0.6) is 0 Å². The third kappa shape index (κ3) is 5.03. The van der Waals surface area contributed by atoms with Gasteiger partial charge in [-0.05, 0) is 26.3 Å².